The van der Waals surface area contributed by atoms with Crippen molar-refractivity contribution in [1.29, 1.82) is 0 Å². The molecule has 0 spiro atoms. The first kappa shape index (κ1) is 20.4. The molecule has 0 bridgehead atoms. The summed E-state index contributed by atoms with van der Waals surface area (Å²) >= 11 is 0. The minimum Gasteiger partial charge on any atom is -0.493 e. The van der Waals surface area contributed by atoms with Crippen LogP contribution in [0.25, 0.3) is 11.3 Å². The Morgan fingerprint density at radius 1 is 1.07 bits per heavy atom. The summed E-state index contributed by atoms with van der Waals surface area (Å²) < 4.78 is 5.83. The molecule has 3 heteroatoms. The van der Waals surface area contributed by atoms with Gasteiger partial charge < -0.3 is 15.4 Å². The molecule has 0 fully saturated rings. The number of hydrogen-bond donors (Lipinski definition) is 2. The highest BCUT2D eigenvalue weighted by atomic mass is 16.5. The van der Waals surface area contributed by atoms with Gasteiger partial charge in [0.05, 0.1) is 6.61 Å². The van der Waals surface area contributed by atoms with Crippen LogP contribution >= 0.6 is 0 Å². The van der Waals surface area contributed by atoms with Gasteiger partial charge in [-0.25, -0.2) is 0 Å². The maximum Gasteiger partial charge on any atom is 0.128 e. The van der Waals surface area contributed by atoms with Crippen LogP contribution in [0, 0.1) is 13.8 Å². The second kappa shape index (κ2) is 9.67. The zero-order valence-corrected chi connectivity index (χ0v) is 16.7. The van der Waals surface area contributed by atoms with E-state index >= 15 is 0 Å². The third-order valence-corrected chi connectivity index (χ3v) is 4.40. The van der Waals surface area contributed by atoms with Gasteiger partial charge in [-0.1, -0.05) is 38.8 Å². The molecule has 2 aromatic carbocycles. The van der Waals surface area contributed by atoms with Crippen molar-refractivity contribution in [3.63, 3.8) is 0 Å². The van der Waals surface area contributed by atoms with Gasteiger partial charge in [0.2, 0.25) is 0 Å². The Morgan fingerprint density at radius 2 is 1.81 bits per heavy atom. The zero-order valence-electron chi connectivity index (χ0n) is 16.7. The molecule has 27 heavy (non-hydrogen) atoms. The molecule has 2 rings (SSSR count). The van der Waals surface area contributed by atoms with Crippen LogP contribution < -0.4 is 15.4 Å². The largest absolute Gasteiger partial charge is 0.493 e. The van der Waals surface area contributed by atoms with E-state index in [1.54, 1.807) is 6.20 Å². The average molecular weight is 363 g/mol. The second-order valence-electron chi connectivity index (χ2n) is 6.61. The third-order valence-electron chi connectivity index (χ3n) is 4.40. The second-order valence-corrected chi connectivity index (χ2v) is 6.61. The number of anilines is 1. The number of rotatable bonds is 10. The quantitative estimate of drug-likeness (QED) is 0.550. The van der Waals surface area contributed by atoms with E-state index in [1.807, 2.05) is 24.3 Å². The lowest BCUT2D eigenvalue weighted by Gasteiger charge is -2.17. The van der Waals surface area contributed by atoms with Gasteiger partial charge >= 0.3 is 0 Å². The van der Waals surface area contributed by atoms with Crippen molar-refractivity contribution in [2.75, 3.05) is 18.5 Å². The molecule has 0 aliphatic carbocycles. The smallest absolute Gasteiger partial charge is 0.128 e. The third kappa shape index (κ3) is 5.27. The van der Waals surface area contributed by atoms with Crippen LogP contribution in [-0.4, -0.2) is 13.2 Å². The first-order valence-corrected chi connectivity index (χ1v) is 9.29. The molecule has 0 atom stereocenters. The van der Waals surface area contributed by atoms with Gasteiger partial charge in [0, 0.05) is 23.5 Å². The topological polar surface area (TPSA) is 33.3 Å². The number of nitrogens with one attached hydrogen (secondary N) is 2. The summed E-state index contributed by atoms with van der Waals surface area (Å²) in [6, 6.07) is 12.3. The molecule has 2 aromatic rings. The lowest BCUT2D eigenvalue weighted by atomic mass is 9.97. The number of aryl methyl sites for hydroxylation is 2. The van der Waals surface area contributed by atoms with Crippen molar-refractivity contribution in [3.8, 4) is 5.75 Å². The molecular formula is C24H30N2O. The van der Waals surface area contributed by atoms with E-state index in [0.29, 0.717) is 13.2 Å². The Kier molecular flexibility index (Phi) is 7.30. The van der Waals surface area contributed by atoms with Gasteiger partial charge in [-0.3, -0.25) is 0 Å². The predicted octanol–water partition coefficient (Wildman–Crippen LogP) is 5.92. The first-order valence-electron chi connectivity index (χ1n) is 9.29. The predicted molar refractivity (Wildman–Crippen MR) is 118 cm³/mol. The normalized spacial score (nSPS) is 10.2. The lowest BCUT2D eigenvalue weighted by Crippen LogP contribution is -2.15. The minimum absolute atomic E-state index is 0.620. The summed E-state index contributed by atoms with van der Waals surface area (Å²) in [5.74, 6) is 0.856. The van der Waals surface area contributed by atoms with Gasteiger partial charge in [0.1, 0.15) is 5.75 Å². The summed E-state index contributed by atoms with van der Waals surface area (Å²) in [5, 5.41) is 6.56. The van der Waals surface area contributed by atoms with Crippen molar-refractivity contribution in [1.82, 2.24) is 5.32 Å². The number of para-hydroxylation sites is 1. The van der Waals surface area contributed by atoms with Crippen molar-refractivity contribution in [3.05, 3.63) is 84.6 Å². The monoisotopic (exact) mass is 362 g/mol. The maximum absolute atomic E-state index is 5.83. The highest BCUT2D eigenvalue weighted by Crippen LogP contribution is 2.27. The number of ether oxygens (including phenoxy) is 1. The minimum atomic E-state index is 0.620. The molecule has 142 valence electrons. The van der Waals surface area contributed by atoms with Gasteiger partial charge in [-0.15, -0.1) is 0 Å². The summed E-state index contributed by atoms with van der Waals surface area (Å²) in [4.78, 5) is 0. The van der Waals surface area contributed by atoms with Crippen LogP contribution in [0.3, 0.4) is 0 Å². The Labute approximate surface area is 163 Å². The fourth-order valence-corrected chi connectivity index (χ4v) is 2.92. The summed E-state index contributed by atoms with van der Waals surface area (Å²) in [5.41, 5.74) is 7.40. The summed E-state index contributed by atoms with van der Waals surface area (Å²) in [6.07, 6.45) is 2.67. The molecule has 0 aliphatic rings. The molecular weight excluding hydrogens is 332 g/mol. The van der Waals surface area contributed by atoms with Crippen molar-refractivity contribution < 1.29 is 4.74 Å². The molecule has 0 radical (unpaired) electrons. The van der Waals surface area contributed by atoms with E-state index in [1.165, 1.54) is 5.56 Å². The van der Waals surface area contributed by atoms with E-state index in [0.717, 1.165) is 45.8 Å². The van der Waals surface area contributed by atoms with Gasteiger partial charge in [-0.2, -0.15) is 0 Å². The Hall–Kier alpha value is -2.94. The van der Waals surface area contributed by atoms with E-state index in [2.05, 4.69) is 63.3 Å². The van der Waals surface area contributed by atoms with E-state index < -0.39 is 0 Å². The Morgan fingerprint density at radius 3 is 2.52 bits per heavy atom. The molecule has 0 saturated carbocycles. The van der Waals surface area contributed by atoms with Crippen LogP contribution in [0.15, 0.2) is 62.3 Å². The summed E-state index contributed by atoms with van der Waals surface area (Å²) in [7, 11) is 0. The fraction of sp³-hybridized carbons (Fsp3) is 0.250. The fourth-order valence-electron chi connectivity index (χ4n) is 2.92. The van der Waals surface area contributed by atoms with Crippen LogP contribution in [0.1, 0.15) is 35.6 Å². The molecule has 0 saturated heterocycles. The zero-order chi connectivity index (χ0) is 19.8. The van der Waals surface area contributed by atoms with Gasteiger partial charge in [-0.05, 0) is 73.0 Å². The maximum atomic E-state index is 5.83. The molecule has 0 amide bonds. The highest BCUT2D eigenvalue weighted by Gasteiger charge is 2.10. The molecule has 2 N–H and O–H groups in total. The number of benzene rings is 2. The molecule has 0 aliphatic heterocycles. The van der Waals surface area contributed by atoms with Gasteiger partial charge in [0.25, 0.3) is 0 Å². The van der Waals surface area contributed by atoms with Crippen LogP contribution in [0.4, 0.5) is 5.69 Å². The highest BCUT2D eigenvalue weighted by molar-refractivity contribution is 5.74. The van der Waals surface area contributed by atoms with Crippen molar-refractivity contribution >= 4 is 17.0 Å². The summed E-state index contributed by atoms with van der Waals surface area (Å²) in [6.45, 7) is 19.8. The first-order chi connectivity index (χ1) is 13.0. The van der Waals surface area contributed by atoms with E-state index in [4.69, 9.17) is 4.74 Å². The van der Waals surface area contributed by atoms with Crippen molar-refractivity contribution in [2.24, 2.45) is 0 Å². The lowest BCUT2D eigenvalue weighted by molar-refractivity contribution is 0.316. The number of hydrogen-bond acceptors (Lipinski definition) is 3. The Balaban J connectivity index is 2.09. The average Bonchev–Trinajstić information content (AvgIpc) is 2.67. The van der Waals surface area contributed by atoms with Crippen molar-refractivity contribution in [2.45, 2.75) is 27.2 Å². The van der Waals surface area contributed by atoms with Gasteiger partial charge in [0.15, 0.2) is 0 Å². The van der Waals surface area contributed by atoms with Crippen LogP contribution in [0.2, 0.25) is 0 Å². The van der Waals surface area contributed by atoms with E-state index in [-0.39, 0.29) is 0 Å². The molecule has 0 unspecified atom stereocenters. The van der Waals surface area contributed by atoms with Crippen LogP contribution in [0.5, 0.6) is 5.75 Å². The van der Waals surface area contributed by atoms with E-state index in [9.17, 15) is 0 Å². The Bertz CT molecular complexity index is 836. The SMILES string of the molecule is C=CNc1cc(C)c(C(=C)CNC(=C)c2ccccc2OCCC)cc1C. The molecule has 0 heterocycles. The van der Waals surface area contributed by atoms with Crippen LogP contribution in [-0.2, 0) is 0 Å². The standard InChI is InChI=1S/C24H30N2O/c1-7-13-27-24-12-10-9-11-21(24)20(6)26-16-19(5)22-14-18(4)23(25-8-2)15-17(22)3/h8-12,14-15,25-26H,2,5-7,13,16H2,1,3-4H3. The molecule has 3 nitrogen and oxygen atoms in total. The molecule has 0 aromatic heterocycles.